The van der Waals surface area contributed by atoms with Crippen molar-refractivity contribution in [2.75, 3.05) is 0 Å². The van der Waals surface area contributed by atoms with Crippen LogP contribution >= 0.6 is 11.6 Å². The van der Waals surface area contributed by atoms with Crippen LogP contribution in [0.25, 0.3) is 5.65 Å². The molecule has 0 saturated heterocycles. The standard InChI is InChI=1S/C13H8ClN3O3/c14-8-1-2-9(13(18)19)10(7-8)20-12-4-6-17-11(16-12)3-5-15-17/h1-7H,(H,18,19). The van der Waals surface area contributed by atoms with E-state index in [9.17, 15) is 4.79 Å². The van der Waals surface area contributed by atoms with Crippen LogP contribution in [0.4, 0.5) is 0 Å². The normalized spacial score (nSPS) is 10.7. The first-order valence-corrected chi connectivity index (χ1v) is 6.02. The van der Waals surface area contributed by atoms with E-state index < -0.39 is 5.97 Å². The fraction of sp³-hybridized carbons (Fsp3) is 0. The summed E-state index contributed by atoms with van der Waals surface area (Å²) in [5, 5.41) is 13.5. The fourth-order valence-electron chi connectivity index (χ4n) is 1.72. The summed E-state index contributed by atoms with van der Waals surface area (Å²) in [5.74, 6) is -0.689. The van der Waals surface area contributed by atoms with Crippen LogP contribution < -0.4 is 4.74 Å². The second-order valence-electron chi connectivity index (χ2n) is 3.95. The molecule has 3 aromatic rings. The van der Waals surface area contributed by atoms with Gasteiger partial charge < -0.3 is 9.84 Å². The predicted molar refractivity (Wildman–Crippen MR) is 71.5 cm³/mol. The Labute approximate surface area is 118 Å². The first kappa shape index (κ1) is 12.4. The van der Waals surface area contributed by atoms with E-state index >= 15 is 0 Å². The number of hydrogen-bond acceptors (Lipinski definition) is 4. The van der Waals surface area contributed by atoms with Crippen LogP contribution in [0.5, 0.6) is 11.6 Å². The van der Waals surface area contributed by atoms with Gasteiger partial charge in [-0.2, -0.15) is 10.1 Å². The topological polar surface area (TPSA) is 76.7 Å². The Bertz CT molecular complexity index is 800. The van der Waals surface area contributed by atoms with Gasteiger partial charge in [0, 0.05) is 29.4 Å². The zero-order valence-electron chi connectivity index (χ0n) is 10.0. The van der Waals surface area contributed by atoms with E-state index in [0.717, 1.165) is 0 Å². The number of halogens is 1. The largest absolute Gasteiger partial charge is 0.478 e. The Morgan fingerprint density at radius 3 is 2.95 bits per heavy atom. The van der Waals surface area contributed by atoms with Gasteiger partial charge in [-0.3, -0.25) is 0 Å². The van der Waals surface area contributed by atoms with E-state index in [1.165, 1.54) is 18.2 Å². The molecule has 0 amide bonds. The SMILES string of the molecule is O=C(O)c1ccc(Cl)cc1Oc1ccn2nccc2n1. The first-order valence-electron chi connectivity index (χ1n) is 5.64. The number of carbonyl (C=O) groups is 1. The van der Waals surface area contributed by atoms with E-state index in [4.69, 9.17) is 21.4 Å². The summed E-state index contributed by atoms with van der Waals surface area (Å²) in [6.45, 7) is 0. The summed E-state index contributed by atoms with van der Waals surface area (Å²) in [6.07, 6.45) is 3.27. The summed E-state index contributed by atoms with van der Waals surface area (Å²) in [4.78, 5) is 15.3. The molecular formula is C13H8ClN3O3. The molecule has 0 aliphatic carbocycles. The Balaban J connectivity index is 2.01. The molecule has 6 nitrogen and oxygen atoms in total. The maximum absolute atomic E-state index is 11.1. The molecule has 2 aromatic heterocycles. The lowest BCUT2D eigenvalue weighted by atomic mass is 10.2. The lowest BCUT2D eigenvalue weighted by Crippen LogP contribution is -2.01. The highest BCUT2D eigenvalue weighted by Gasteiger charge is 2.13. The molecule has 100 valence electrons. The number of aromatic nitrogens is 3. The summed E-state index contributed by atoms with van der Waals surface area (Å²) in [6, 6.07) is 7.62. The Morgan fingerprint density at radius 1 is 1.30 bits per heavy atom. The number of hydrogen-bond donors (Lipinski definition) is 1. The van der Waals surface area contributed by atoms with Gasteiger partial charge in [0.05, 0.1) is 6.20 Å². The molecule has 3 rings (SSSR count). The zero-order chi connectivity index (χ0) is 14.1. The van der Waals surface area contributed by atoms with Gasteiger partial charge in [-0.25, -0.2) is 9.31 Å². The molecule has 0 atom stereocenters. The van der Waals surface area contributed by atoms with Crippen molar-refractivity contribution in [2.45, 2.75) is 0 Å². The second kappa shape index (κ2) is 4.82. The fourth-order valence-corrected chi connectivity index (χ4v) is 1.88. The average Bonchev–Trinajstić information content (AvgIpc) is 2.85. The number of nitrogens with zero attached hydrogens (tertiary/aromatic N) is 3. The van der Waals surface area contributed by atoms with E-state index in [0.29, 0.717) is 10.7 Å². The smallest absolute Gasteiger partial charge is 0.339 e. The highest BCUT2D eigenvalue weighted by Crippen LogP contribution is 2.27. The van der Waals surface area contributed by atoms with Gasteiger partial charge >= 0.3 is 5.97 Å². The number of fused-ring (bicyclic) bond motifs is 1. The van der Waals surface area contributed by atoms with Crippen molar-refractivity contribution in [1.29, 1.82) is 0 Å². The molecule has 0 saturated carbocycles. The molecule has 0 unspecified atom stereocenters. The summed E-state index contributed by atoms with van der Waals surface area (Å²) in [5.41, 5.74) is 0.617. The molecule has 0 radical (unpaired) electrons. The molecule has 1 aromatic carbocycles. The minimum Gasteiger partial charge on any atom is -0.478 e. The Hall–Kier alpha value is -2.60. The lowest BCUT2D eigenvalue weighted by Gasteiger charge is -2.08. The van der Waals surface area contributed by atoms with Crippen molar-refractivity contribution < 1.29 is 14.6 Å². The van der Waals surface area contributed by atoms with Crippen LogP contribution in [0, 0.1) is 0 Å². The molecule has 0 aliphatic rings. The average molecular weight is 290 g/mol. The van der Waals surface area contributed by atoms with Crippen LogP contribution in [0.2, 0.25) is 5.02 Å². The van der Waals surface area contributed by atoms with Gasteiger partial charge in [0.1, 0.15) is 11.3 Å². The quantitative estimate of drug-likeness (QED) is 0.802. The third kappa shape index (κ3) is 2.28. The van der Waals surface area contributed by atoms with Crippen LogP contribution in [-0.4, -0.2) is 25.7 Å². The van der Waals surface area contributed by atoms with Gasteiger partial charge in [-0.15, -0.1) is 0 Å². The van der Waals surface area contributed by atoms with Crippen molar-refractivity contribution in [3.63, 3.8) is 0 Å². The molecule has 0 bridgehead atoms. The van der Waals surface area contributed by atoms with E-state index in [2.05, 4.69) is 10.1 Å². The van der Waals surface area contributed by atoms with Crippen LogP contribution in [0.15, 0.2) is 42.7 Å². The highest BCUT2D eigenvalue weighted by atomic mass is 35.5. The van der Waals surface area contributed by atoms with E-state index in [-0.39, 0.29) is 17.2 Å². The minimum absolute atomic E-state index is 0.0181. The van der Waals surface area contributed by atoms with E-state index in [1.54, 1.807) is 29.0 Å². The van der Waals surface area contributed by atoms with Crippen molar-refractivity contribution in [1.82, 2.24) is 14.6 Å². The molecule has 0 fully saturated rings. The van der Waals surface area contributed by atoms with Gasteiger partial charge in [-0.1, -0.05) is 11.6 Å². The summed E-state index contributed by atoms with van der Waals surface area (Å²) in [7, 11) is 0. The van der Waals surface area contributed by atoms with Crippen LogP contribution in [0.3, 0.4) is 0 Å². The molecule has 20 heavy (non-hydrogen) atoms. The third-order valence-corrected chi connectivity index (χ3v) is 2.86. The zero-order valence-corrected chi connectivity index (χ0v) is 10.8. The molecule has 2 heterocycles. The number of ether oxygens (including phenoxy) is 1. The second-order valence-corrected chi connectivity index (χ2v) is 4.38. The molecule has 1 N–H and O–H groups in total. The molecule has 7 heteroatoms. The number of carboxylic acid groups (broad SMARTS) is 1. The minimum atomic E-state index is -1.10. The first-order chi connectivity index (χ1) is 9.63. The van der Waals surface area contributed by atoms with Gasteiger partial charge in [0.2, 0.25) is 5.88 Å². The van der Waals surface area contributed by atoms with Gasteiger partial charge in [0.15, 0.2) is 5.65 Å². The van der Waals surface area contributed by atoms with Crippen molar-refractivity contribution in [3.05, 3.63) is 53.3 Å². The third-order valence-electron chi connectivity index (χ3n) is 2.62. The van der Waals surface area contributed by atoms with Crippen molar-refractivity contribution in [2.24, 2.45) is 0 Å². The lowest BCUT2D eigenvalue weighted by molar-refractivity contribution is 0.0694. The monoisotopic (exact) mass is 289 g/mol. The number of aromatic carboxylic acids is 1. The number of benzene rings is 1. The van der Waals surface area contributed by atoms with E-state index in [1.807, 2.05) is 0 Å². The molecule has 0 spiro atoms. The Morgan fingerprint density at radius 2 is 2.15 bits per heavy atom. The Kier molecular flexibility index (Phi) is 3.00. The molecule has 0 aliphatic heterocycles. The highest BCUT2D eigenvalue weighted by molar-refractivity contribution is 6.30. The number of carboxylic acids is 1. The number of rotatable bonds is 3. The van der Waals surface area contributed by atoms with Crippen LogP contribution in [-0.2, 0) is 0 Å². The predicted octanol–water partition coefficient (Wildman–Crippen LogP) is 2.87. The maximum atomic E-state index is 11.1. The summed E-state index contributed by atoms with van der Waals surface area (Å²) < 4.78 is 7.08. The van der Waals surface area contributed by atoms with Crippen molar-refractivity contribution >= 4 is 23.2 Å². The van der Waals surface area contributed by atoms with Gasteiger partial charge in [-0.05, 0) is 12.1 Å². The van der Waals surface area contributed by atoms with Crippen molar-refractivity contribution in [3.8, 4) is 11.6 Å². The van der Waals surface area contributed by atoms with Gasteiger partial charge in [0.25, 0.3) is 0 Å². The molecular weight excluding hydrogens is 282 g/mol. The maximum Gasteiger partial charge on any atom is 0.339 e. The van der Waals surface area contributed by atoms with Crippen LogP contribution in [0.1, 0.15) is 10.4 Å². The summed E-state index contributed by atoms with van der Waals surface area (Å²) >= 11 is 5.86.